The lowest BCUT2D eigenvalue weighted by Crippen LogP contribution is -2.19. The summed E-state index contributed by atoms with van der Waals surface area (Å²) in [6, 6.07) is 6.09. The van der Waals surface area contributed by atoms with Gasteiger partial charge in [-0.2, -0.15) is 18.3 Å². The Morgan fingerprint density at radius 1 is 1.27 bits per heavy atom. The van der Waals surface area contributed by atoms with E-state index in [-0.39, 0.29) is 11.4 Å². The molecule has 0 unspecified atom stereocenters. The molecule has 120 valence electrons. The predicted molar refractivity (Wildman–Crippen MR) is 75.6 cm³/mol. The van der Waals surface area contributed by atoms with Crippen molar-refractivity contribution in [2.24, 2.45) is 7.05 Å². The average molecular weight is 333 g/mol. The number of rotatable bonds is 4. The average Bonchev–Trinajstić information content (AvgIpc) is 2.65. The number of halogens is 3. The lowest BCUT2D eigenvalue weighted by molar-refractivity contribution is -0.138. The van der Waals surface area contributed by atoms with Crippen molar-refractivity contribution in [3.8, 4) is 0 Å². The van der Waals surface area contributed by atoms with E-state index in [0.717, 1.165) is 12.1 Å². The summed E-state index contributed by atoms with van der Waals surface area (Å²) in [5.74, 6) is -0.575. The minimum absolute atomic E-state index is 0.196. The molecule has 0 aliphatic carbocycles. The Kier molecular flexibility index (Phi) is 4.19. The Hall–Kier alpha value is -2.03. The molecule has 1 heterocycles. The molecule has 0 spiro atoms. The summed E-state index contributed by atoms with van der Waals surface area (Å²) in [4.78, 5) is 0. The summed E-state index contributed by atoms with van der Waals surface area (Å²) >= 11 is 0. The first-order valence-electron chi connectivity index (χ1n) is 6.25. The molecule has 0 radical (unpaired) electrons. The molecule has 1 aromatic heterocycles. The fraction of sp³-hybridized carbons (Fsp3) is 0.308. The quantitative estimate of drug-likeness (QED) is 0.936. The number of benzene rings is 1. The zero-order valence-electron chi connectivity index (χ0n) is 11.8. The number of alkyl halides is 3. The maximum absolute atomic E-state index is 12.9. The van der Waals surface area contributed by atoms with Gasteiger partial charge in [-0.3, -0.25) is 9.40 Å². The van der Waals surface area contributed by atoms with Crippen LogP contribution in [-0.2, 0) is 29.0 Å². The van der Waals surface area contributed by atoms with Gasteiger partial charge in [-0.05, 0) is 18.6 Å². The van der Waals surface area contributed by atoms with E-state index in [0.29, 0.717) is 5.69 Å². The molecule has 0 atom stereocenters. The standard InChI is InChI=1S/C13H14F3N3O2S/c1-9-7-12(19(2)17-9)18-22(20,21)8-10-5-3-4-6-11(10)13(14,15)16/h3-7,18H,8H2,1-2H3. The smallest absolute Gasteiger partial charge is 0.267 e. The van der Waals surface area contributed by atoms with Crippen LogP contribution in [0.4, 0.5) is 19.0 Å². The second kappa shape index (κ2) is 5.64. The van der Waals surface area contributed by atoms with Gasteiger partial charge in [-0.1, -0.05) is 18.2 Å². The number of aryl methyl sites for hydroxylation is 2. The number of nitrogens with one attached hydrogen (secondary N) is 1. The molecule has 1 aromatic carbocycles. The molecule has 2 rings (SSSR count). The highest BCUT2D eigenvalue weighted by atomic mass is 32.2. The van der Waals surface area contributed by atoms with Crippen LogP contribution in [0.25, 0.3) is 0 Å². The van der Waals surface area contributed by atoms with Crippen molar-refractivity contribution in [3.63, 3.8) is 0 Å². The first-order valence-corrected chi connectivity index (χ1v) is 7.90. The molecular weight excluding hydrogens is 319 g/mol. The van der Waals surface area contributed by atoms with Crippen LogP contribution < -0.4 is 4.72 Å². The van der Waals surface area contributed by atoms with Crippen molar-refractivity contribution in [1.82, 2.24) is 9.78 Å². The highest BCUT2D eigenvalue weighted by molar-refractivity contribution is 7.91. The fourth-order valence-corrected chi connectivity index (χ4v) is 3.27. The minimum Gasteiger partial charge on any atom is -0.267 e. The van der Waals surface area contributed by atoms with Crippen LogP contribution in [0.15, 0.2) is 30.3 Å². The van der Waals surface area contributed by atoms with Gasteiger partial charge in [-0.15, -0.1) is 0 Å². The third-order valence-corrected chi connectivity index (χ3v) is 4.14. The van der Waals surface area contributed by atoms with Crippen LogP contribution in [-0.4, -0.2) is 18.2 Å². The summed E-state index contributed by atoms with van der Waals surface area (Å²) in [6.07, 6.45) is -4.60. The van der Waals surface area contributed by atoms with E-state index in [1.54, 1.807) is 6.92 Å². The van der Waals surface area contributed by atoms with Crippen LogP contribution >= 0.6 is 0 Å². The van der Waals surface area contributed by atoms with E-state index in [9.17, 15) is 21.6 Å². The molecule has 0 saturated heterocycles. The van der Waals surface area contributed by atoms with Gasteiger partial charge in [0.05, 0.1) is 17.0 Å². The van der Waals surface area contributed by atoms with Gasteiger partial charge in [-0.25, -0.2) is 8.42 Å². The summed E-state index contributed by atoms with van der Waals surface area (Å²) < 4.78 is 66.4. The molecule has 0 amide bonds. The molecule has 0 aliphatic rings. The van der Waals surface area contributed by atoms with Gasteiger partial charge < -0.3 is 0 Å². The summed E-state index contributed by atoms with van der Waals surface area (Å²) in [5, 5.41) is 3.97. The summed E-state index contributed by atoms with van der Waals surface area (Å²) in [7, 11) is -2.45. The predicted octanol–water partition coefficient (Wildman–Crippen LogP) is 2.69. The largest absolute Gasteiger partial charge is 0.416 e. The molecule has 0 bridgehead atoms. The molecule has 9 heteroatoms. The number of aromatic nitrogens is 2. The topological polar surface area (TPSA) is 64.0 Å². The van der Waals surface area contributed by atoms with E-state index in [1.807, 2.05) is 0 Å². The van der Waals surface area contributed by atoms with Crippen LogP contribution in [0.5, 0.6) is 0 Å². The number of hydrogen-bond donors (Lipinski definition) is 1. The SMILES string of the molecule is Cc1cc(NS(=O)(=O)Cc2ccccc2C(F)(F)F)n(C)n1. The van der Waals surface area contributed by atoms with Crippen LogP contribution in [0, 0.1) is 6.92 Å². The van der Waals surface area contributed by atoms with E-state index < -0.39 is 27.5 Å². The number of hydrogen-bond acceptors (Lipinski definition) is 3. The van der Waals surface area contributed by atoms with Crippen LogP contribution in [0.3, 0.4) is 0 Å². The zero-order valence-corrected chi connectivity index (χ0v) is 12.7. The van der Waals surface area contributed by atoms with Gasteiger partial charge in [0.15, 0.2) is 0 Å². The minimum atomic E-state index is -4.60. The van der Waals surface area contributed by atoms with Crippen LogP contribution in [0.2, 0.25) is 0 Å². The van der Waals surface area contributed by atoms with E-state index >= 15 is 0 Å². The monoisotopic (exact) mass is 333 g/mol. The summed E-state index contributed by atoms with van der Waals surface area (Å²) in [5.41, 5.74) is -0.668. The van der Waals surface area contributed by atoms with Crippen molar-refractivity contribution in [3.05, 3.63) is 47.2 Å². The molecule has 2 aromatic rings. The fourth-order valence-electron chi connectivity index (χ4n) is 2.03. The number of nitrogens with zero attached hydrogens (tertiary/aromatic N) is 2. The van der Waals surface area contributed by atoms with Gasteiger partial charge in [0.1, 0.15) is 5.82 Å². The maximum Gasteiger partial charge on any atom is 0.416 e. The molecular formula is C13H14F3N3O2S. The summed E-state index contributed by atoms with van der Waals surface area (Å²) in [6.45, 7) is 1.68. The molecule has 1 N–H and O–H groups in total. The molecule has 22 heavy (non-hydrogen) atoms. The Bertz CT molecular complexity index is 782. The van der Waals surface area contributed by atoms with Gasteiger partial charge in [0, 0.05) is 13.1 Å². The zero-order chi connectivity index (χ0) is 16.5. The van der Waals surface area contributed by atoms with Gasteiger partial charge in [0.25, 0.3) is 0 Å². The maximum atomic E-state index is 12.9. The highest BCUT2D eigenvalue weighted by Gasteiger charge is 2.34. The molecule has 0 fully saturated rings. The second-order valence-corrected chi connectivity index (χ2v) is 6.53. The number of sulfonamides is 1. The van der Waals surface area contributed by atoms with Crippen molar-refractivity contribution in [2.75, 3.05) is 4.72 Å². The first kappa shape index (κ1) is 16.3. The Balaban J connectivity index is 2.28. The van der Waals surface area contributed by atoms with Crippen molar-refractivity contribution in [2.45, 2.75) is 18.9 Å². The van der Waals surface area contributed by atoms with Crippen LogP contribution in [0.1, 0.15) is 16.8 Å². The van der Waals surface area contributed by atoms with Crippen molar-refractivity contribution >= 4 is 15.8 Å². The Labute approximate surface area is 125 Å². The normalized spacial score (nSPS) is 12.4. The van der Waals surface area contributed by atoms with Crippen molar-refractivity contribution < 1.29 is 21.6 Å². The second-order valence-electron chi connectivity index (χ2n) is 4.81. The number of anilines is 1. The molecule has 0 aliphatic heterocycles. The van der Waals surface area contributed by atoms with Gasteiger partial charge >= 0.3 is 6.18 Å². The first-order chi connectivity index (χ1) is 10.1. The third kappa shape index (κ3) is 3.79. The molecule has 0 saturated carbocycles. The Morgan fingerprint density at radius 3 is 2.45 bits per heavy atom. The third-order valence-electron chi connectivity index (χ3n) is 2.93. The Morgan fingerprint density at radius 2 is 1.91 bits per heavy atom. The highest BCUT2D eigenvalue weighted by Crippen LogP contribution is 2.32. The lowest BCUT2D eigenvalue weighted by Gasteiger charge is -2.13. The van der Waals surface area contributed by atoms with Crippen molar-refractivity contribution in [1.29, 1.82) is 0 Å². The lowest BCUT2D eigenvalue weighted by atomic mass is 10.1. The molecule has 5 nitrogen and oxygen atoms in total. The van der Waals surface area contributed by atoms with Gasteiger partial charge in [0.2, 0.25) is 10.0 Å². The van der Waals surface area contributed by atoms with E-state index in [1.165, 1.54) is 29.9 Å². The van der Waals surface area contributed by atoms with E-state index in [2.05, 4.69) is 9.82 Å². The van der Waals surface area contributed by atoms with E-state index in [4.69, 9.17) is 0 Å².